The maximum absolute atomic E-state index is 11.3. The summed E-state index contributed by atoms with van der Waals surface area (Å²) in [7, 11) is -4.03. The SMILES string of the molecule is COP(=O)([O-])OCC(F)(F)F.[NH4+]. The zero-order valence-corrected chi connectivity index (χ0v) is 7.32. The van der Waals surface area contributed by atoms with Gasteiger partial charge in [-0.3, -0.25) is 4.57 Å². The molecule has 0 radical (unpaired) electrons. The van der Waals surface area contributed by atoms with Crippen LogP contribution in [-0.4, -0.2) is 19.9 Å². The van der Waals surface area contributed by atoms with Crippen LogP contribution in [0.3, 0.4) is 0 Å². The van der Waals surface area contributed by atoms with E-state index in [0.717, 1.165) is 0 Å². The highest BCUT2D eigenvalue weighted by Crippen LogP contribution is 2.38. The Morgan fingerprint density at radius 2 is 1.92 bits per heavy atom. The molecule has 0 saturated heterocycles. The quantitative estimate of drug-likeness (QED) is 0.705. The van der Waals surface area contributed by atoms with E-state index < -0.39 is 20.6 Å². The Morgan fingerprint density at radius 3 is 2.17 bits per heavy atom. The van der Waals surface area contributed by atoms with E-state index in [-0.39, 0.29) is 6.15 Å². The third kappa shape index (κ3) is 7.96. The van der Waals surface area contributed by atoms with Gasteiger partial charge in [0.15, 0.2) is 6.61 Å². The molecule has 12 heavy (non-hydrogen) atoms. The van der Waals surface area contributed by atoms with Crippen LogP contribution in [0.4, 0.5) is 13.2 Å². The molecule has 0 aliphatic carbocycles. The highest BCUT2D eigenvalue weighted by molar-refractivity contribution is 7.45. The molecule has 0 aromatic carbocycles. The van der Waals surface area contributed by atoms with Crippen LogP contribution in [-0.2, 0) is 13.6 Å². The number of rotatable bonds is 3. The predicted molar refractivity (Wildman–Crippen MR) is 32.6 cm³/mol. The second-order valence-corrected chi connectivity index (χ2v) is 3.04. The fourth-order valence-electron chi connectivity index (χ4n) is 0.205. The van der Waals surface area contributed by atoms with Crippen LogP contribution in [0, 0.1) is 0 Å². The number of alkyl halides is 3. The van der Waals surface area contributed by atoms with E-state index in [1.165, 1.54) is 0 Å². The fraction of sp³-hybridized carbons (Fsp3) is 1.00. The van der Waals surface area contributed by atoms with Crippen molar-refractivity contribution in [3.8, 4) is 0 Å². The molecule has 4 N–H and O–H groups in total. The van der Waals surface area contributed by atoms with E-state index >= 15 is 0 Å². The summed E-state index contributed by atoms with van der Waals surface area (Å²) >= 11 is 0. The van der Waals surface area contributed by atoms with Crippen molar-refractivity contribution < 1.29 is 31.7 Å². The van der Waals surface area contributed by atoms with Crippen LogP contribution in [0.1, 0.15) is 0 Å². The van der Waals surface area contributed by atoms with Crippen molar-refractivity contribution in [2.45, 2.75) is 6.18 Å². The molecule has 0 spiro atoms. The van der Waals surface area contributed by atoms with Crippen LogP contribution >= 0.6 is 7.82 Å². The maximum atomic E-state index is 11.3. The van der Waals surface area contributed by atoms with Gasteiger partial charge in [-0.15, -0.1) is 0 Å². The normalized spacial score (nSPS) is 16.4. The highest BCUT2D eigenvalue weighted by Gasteiger charge is 2.29. The Hall–Kier alpha value is -0.140. The topological polar surface area (TPSA) is 95.1 Å². The number of hydrogen-bond acceptors (Lipinski definition) is 4. The van der Waals surface area contributed by atoms with Crippen LogP contribution in [0.5, 0.6) is 0 Å². The van der Waals surface area contributed by atoms with Crippen molar-refractivity contribution in [1.29, 1.82) is 0 Å². The van der Waals surface area contributed by atoms with Gasteiger partial charge in [0.2, 0.25) is 0 Å². The summed E-state index contributed by atoms with van der Waals surface area (Å²) in [4.78, 5) is 10.1. The molecule has 76 valence electrons. The lowest BCUT2D eigenvalue weighted by Gasteiger charge is -2.20. The van der Waals surface area contributed by atoms with Gasteiger partial charge in [0.25, 0.3) is 7.82 Å². The summed E-state index contributed by atoms with van der Waals surface area (Å²) in [6.45, 7) is -1.86. The van der Waals surface area contributed by atoms with Gasteiger partial charge in [-0.1, -0.05) is 0 Å². The van der Waals surface area contributed by atoms with Gasteiger partial charge in [0.05, 0.1) is 0 Å². The first kappa shape index (κ1) is 14.4. The Bertz CT molecular complexity index is 171. The van der Waals surface area contributed by atoms with E-state index in [1.807, 2.05) is 0 Å². The summed E-state index contributed by atoms with van der Waals surface area (Å²) in [5.74, 6) is 0. The van der Waals surface area contributed by atoms with Crippen molar-refractivity contribution >= 4 is 7.82 Å². The third-order valence-electron chi connectivity index (χ3n) is 0.610. The third-order valence-corrected chi connectivity index (χ3v) is 1.50. The molecule has 0 fully saturated rings. The van der Waals surface area contributed by atoms with Crippen LogP contribution in [0.15, 0.2) is 0 Å². The van der Waals surface area contributed by atoms with Gasteiger partial charge >= 0.3 is 6.18 Å². The first-order chi connectivity index (χ1) is 4.77. The van der Waals surface area contributed by atoms with Gasteiger partial charge < -0.3 is 20.1 Å². The zero-order chi connectivity index (χ0) is 9.12. The van der Waals surface area contributed by atoms with E-state index in [0.29, 0.717) is 7.11 Å². The Balaban J connectivity index is 0. The molecular formula is C3H9F3NO4P. The molecule has 0 aromatic rings. The van der Waals surface area contributed by atoms with Gasteiger partial charge in [0.1, 0.15) is 0 Å². The highest BCUT2D eigenvalue weighted by atomic mass is 31.2. The lowest BCUT2D eigenvalue weighted by atomic mass is 10.7. The van der Waals surface area contributed by atoms with E-state index in [9.17, 15) is 22.6 Å². The molecule has 5 nitrogen and oxygen atoms in total. The molecular weight excluding hydrogens is 202 g/mol. The standard InChI is InChI=1S/C3H6F3O4P.H3N/c1-9-11(7,8)10-2-3(4,5)6;/h2H2,1H3,(H,7,8);1H3. The molecule has 0 heterocycles. The minimum Gasteiger partial charge on any atom is -0.756 e. The van der Waals surface area contributed by atoms with E-state index in [1.54, 1.807) is 0 Å². The average molecular weight is 211 g/mol. The van der Waals surface area contributed by atoms with Crippen molar-refractivity contribution in [2.24, 2.45) is 0 Å². The molecule has 0 rings (SSSR count). The second-order valence-electron chi connectivity index (χ2n) is 1.52. The first-order valence-corrected chi connectivity index (χ1v) is 3.81. The maximum Gasteiger partial charge on any atom is 0.412 e. The largest absolute Gasteiger partial charge is 0.756 e. The second kappa shape index (κ2) is 4.78. The van der Waals surface area contributed by atoms with Gasteiger partial charge in [-0.2, -0.15) is 13.2 Å². The van der Waals surface area contributed by atoms with Gasteiger partial charge in [-0.25, -0.2) is 0 Å². The minimum absolute atomic E-state index is 0. The summed E-state index contributed by atoms with van der Waals surface area (Å²) in [5, 5.41) is 0. The first-order valence-electron chi connectivity index (χ1n) is 2.35. The van der Waals surface area contributed by atoms with Crippen molar-refractivity contribution in [2.75, 3.05) is 13.7 Å². The lowest BCUT2D eigenvalue weighted by molar-refractivity contribution is -0.237. The average Bonchev–Trinajstić information content (AvgIpc) is 1.83. The molecule has 0 aromatic heterocycles. The monoisotopic (exact) mass is 211 g/mol. The van der Waals surface area contributed by atoms with Crippen LogP contribution in [0.2, 0.25) is 0 Å². The van der Waals surface area contributed by atoms with Gasteiger partial charge in [0, 0.05) is 7.11 Å². The van der Waals surface area contributed by atoms with Crippen LogP contribution < -0.4 is 11.0 Å². The van der Waals surface area contributed by atoms with Crippen molar-refractivity contribution in [3.63, 3.8) is 0 Å². The smallest absolute Gasteiger partial charge is 0.412 e. The number of phosphoric acid groups is 1. The van der Waals surface area contributed by atoms with Crippen molar-refractivity contribution in [1.82, 2.24) is 6.15 Å². The number of hydrogen-bond donors (Lipinski definition) is 1. The summed E-state index contributed by atoms with van der Waals surface area (Å²) in [5.41, 5.74) is 0. The molecule has 0 amide bonds. The molecule has 0 saturated carbocycles. The summed E-state index contributed by atoms with van der Waals surface area (Å²) in [6.07, 6.45) is -4.67. The number of phosphoric ester groups is 1. The molecule has 0 aliphatic heterocycles. The Morgan fingerprint density at radius 1 is 1.50 bits per heavy atom. The molecule has 0 aliphatic rings. The zero-order valence-electron chi connectivity index (χ0n) is 6.42. The molecule has 1 unspecified atom stereocenters. The molecule has 1 atom stereocenters. The number of halogens is 3. The summed E-state index contributed by atoms with van der Waals surface area (Å²) in [6, 6.07) is 0. The molecule has 0 bridgehead atoms. The summed E-state index contributed by atoms with van der Waals surface area (Å²) < 4.78 is 51.0. The van der Waals surface area contributed by atoms with E-state index in [2.05, 4.69) is 9.05 Å². The van der Waals surface area contributed by atoms with Crippen molar-refractivity contribution in [3.05, 3.63) is 0 Å². The Labute approximate surface area is 66.7 Å². The lowest BCUT2D eigenvalue weighted by Crippen LogP contribution is -2.19. The van der Waals surface area contributed by atoms with Gasteiger partial charge in [-0.05, 0) is 0 Å². The molecule has 9 heteroatoms. The number of quaternary nitrogens is 1. The van der Waals surface area contributed by atoms with E-state index in [4.69, 9.17) is 0 Å². The minimum atomic E-state index is -4.74. The Kier molecular flexibility index (Phi) is 5.73. The predicted octanol–water partition coefficient (Wildman–Crippen LogP) is 1.06. The van der Waals surface area contributed by atoms with Crippen LogP contribution in [0.25, 0.3) is 0 Å². The fourth-order valence-corrected chi connectivity index (χ4v) is 0.615.